The number of ether oxygens (including phenoxy) is 1. The number of aliphatic imine (C=N–C) groups is 1. The number of nitrogens with one attached hydrogen (secondary N) is 2. The number of carbonyl (C=O) groups is 2. The summed E-state index contributed by atoms with van der Waals surface area (Å²) in [6, 6.07) is 7.49. The first-order chi connectivity index (χ1) is 13.6. The number of nitrogens with zero attached hydrogens (tertiary/aromatic N) is 3. The fourth-order valence-corrected chi connectivity index (χ4v) is 3.55. The minimum Gasteiger partial charge on any atom is -0.368 e. The fraction of sp³-hybridized carbons (Fsp3) is 0.550. The first-order valence-electron chi connectivity index (χ1n) is 9.79. The lowest BCUT2D eigenvalue weighted by Gasteiger charge is -2.37. The number of benzene rings is 1. The summed E-state index contributed by atoms with van der Waals surface area (Å²) in [6.07, 6.45) is 1.56. The maximum Gasteiger partial charge on any atom is 0.251 e. The van der Waals surface area contributed by atoms with Crippen LogP contribution < -0.4 is 10.6 Å². The average Bonchev–Trinajstić information content (AvgIpc) is 3.29. The molecule has 0 spiro atoms. The Kier molecular flexibility index (Phi) is 6.86. The van der Waals surface area contributed by atoms with E-state index in [1.807, 2.05) is 29.2 Å². The van der Waals surface area contributed by atoms with Gasteiger partial charge in [-0.25, -0.2) is 0 Å². The van der Waals surface area contributed by atoms with Crippen molar-refractivity contribution in [2.24, 2.45) is 4.99 Å². The van der Waals surface area contributed by atoms with Crippen LogP contribution in [-0.2, 0) is 16.1 Å². The van der Waals surface area contributed by atoms with Crippen LogP contribution in [0.5, 0.6) is 0 Å². The van der Waals surface area contributed by atoms with Crippen molar-refractivity contribution in [1.29, 1.82) is 0 Å². The van der Waals surface area contributed by atoms with Gasteiger partial charge in [0.25, 0.3) is 11.8 Å². The molecule has 1 unspecified atom stereocenters. The summed E-state index contributed by atoms with van der Waals surface area (Å²) in [5.74, 6) is 0.849. The lowest BCUT2D eigenvalue weighted by atomic mass is 10.1. The maximum atomic E-state index is 12.5. The molecule has 0 aliphatic carbocycles. The molecular formula is C20H29N5O3. The van der Waals surface area contributed by atoms with Crippen molar-refractivity contribution < 1.29 is 14.3 Å². The summed E-state index contributed by atoms with van der Waals surface area (Å²) < 4.78 is 5.52. The molecule has 2 aliphatic rings. The van der Waals surface area contributed by atoms with E-state index in [1.165, 1.54) is 0 Å². The van der Waals surface area contributed by atoms with Gasteiger partial charge in [0.15, 0.2) is 5.96 Å². The number of hydrogen-bond acceptors (Lipinski definition) is 4. The second-order valence-electron chi connectivity index (χ2n) is 6.99. The molecule has 2 heterocycles. The molecule has 2 amide bonds. The van der Waals surface area contributed by atoms with Gasteiger partial charge < -0.3 is 25.2 Å². The predicted molar refractivity (Wildman–Crippen MR) is 107 cm³/mol. The highest BCUT2D eigenvalue weighted by molar-refractivity contribution is 5.94. The predicted octanol–water partition coefficient (Wildman–Crippen LogP) is 0.445. The van der Waals surface area contributed by atoms with Gasteiger partial charge in [0.2, 0.25) is 0 Å². The molecule has 2 N–H and O–H groups in total. The third kappa shape index (κ3) is 4.81. The Morgan fingerprint density at radius 2 is 1.82 bits per heavy atom. The van der Waals surface area contributed by atoms with Gasteiger partial charge in [-0.15, -0.1) is 0 Å². The summed E-state index contributed by atoms with van der Waals surface area (Å²) in [6.45, 7) is 4.16. The van der Waals surface area contributed by atoms with E-state index in [4.69, 9.17) is 4.74 Å². The molecule has 1 aromatic carbocycles. The Morgan fingerprint density at radius 3 is 2.39 bits per heavy atom. The van der Waals surface area contributed by atoms with E-state index in [9.17, 15) is 9.59 Å². The van der Waals surface area contributed by atoms with Crippen LogP contribution in [0.4, 0.5) is 0 Å². The summed E-state index contributed by atoms with van der Waals surface area (Å²) >= 11 is 0. The van der Waals surface area contributed by atoms with Crippen LogP contribution in [0.1, 0.15) is 28.8 Å². The van der Waals surface area contributed by atoms with E-state index >= 15 is 0 Å². The second kappa shape index (κ2) is 9.54. The van der Waals surface area contributed by atoms with Crippen molar-refractivity contribution in [2.45, 2.75) is 25.5 Å². The molecule has 8 nitrogen and oxygen atoms in total. The Labute approximate surface area is 165 Å². The summed E-state index contributed by atoms with van der Waals surface area (Å²) in [5.41, 5.74) is 1.71. The number of guanidine groups is 1. The van der Waals surface area contributed by atoms with Crippen LogP contribution in [0.2, 0.25) is 0 Å². The van der Waals surface area contributed by atoms with Crippen molar-refractivity contribution in [3.63, 3.8) is 0 Å². The maximum absolute atomic E-state index is 12.5. The zero-order chi connectivity index (χ0) is 19.9. The molecule has 2 saturated heterocycles. The molecule has 0 bridgehead atoms. The average molecular weight is 387 g/mol. The fourth-order valence-electron chi connectivity index (χ4n) is 3.55. The quantitative estimate of drug-likeness (QED) is 0.579. The Bertz CT molecular complexity index is 705. The molecule has 0 aromatic heterocycles. The standard InChI is InChI=1S/C20H29N5O3/c1-21-18(26)16-7-5-15(6-8-16)14-23-20(22-2)25-11-9-24(10-12-25)19(27)17-4-3-13-28-17/h5-8,17H,3-4,9-14H2,1-2H3,(H,21,26)(H,22,23). The van der Waals surface area contributed by atoms with Crippen molar-refractivity contribution in [3.8, 4) is 0 Å². The smallest absolute Gasteiger partial charge is 0.251 e. The van der Waals surface area contributed by atoms with Crippen LogP contribution in [0.25, 0.3) is 0 Å². The van der Waals surface area contributed by atoms with Crippen LogP contribution >= 0.6 is 0 Å². The van der Waals surface area contributed by atoms with Gasteiger partial charge in [-0.05, 0) is 30.5 Å². The van der Waals surface area contributed by atoms with Crippen LogP contribution in [0.3, 0.4) is 0 Å². The minimum atomic E-state index is -0.248. The van der Waals surface area contributed by atoms with E-state index in [1.54, 1.807) is 14.1 Å². The van der Waals surface area contributed by atoms with Crippen LogP contribution in [0, 0.1) is 0 Å². The van der Waals surface area contributed by atoms with Crippen molar-refractivity contribution in [2.75, 3.05) is 46.9 Å². The second-order valence-corrected chi connectivity index (χ2v) is 6.99. The monoisotopic (exact) mass is 387 g/mol. The summed E-state index contributed by atoms with van der Waals surface area (Å²) in [5, 5.41) is 5.98. The Morgan fingerprint density at radius 1 is 1.14 bits per heavy atom. The van der Waals surface area contributed by atoms with E-state index in [2.05, 4.69) is 20.5 Å². The number of amides is 2. The minimum absolute atomic E-state index is 0.0919. The first kappa shape index (κ1) is 20.1. The Balaban J connectivity index is 1.48. The third-order valence-electron chi connectivity index (χ3n) is 5.20. The van der Waals surface area contributed by atoms with Gasteiger partial charge in [0.1, 0.15) is 6.10 Å². The molecule has 3 rings (SSSR count). The summed E-state index contributed by atoms with van der Waals surface area (Å²) in [7, 11) is 3.39. The number of piperazine rings is 1. The van der Waals surface area contributed by atoms with Crippen LogP contribution in [-0.4, -0.2) is 80.6 Å². The van der Waals surface area contributed by atoms with Gasteiger partial charge in [0, 0.05) is 59.0 Å². The van der Waals surface area contributed by atoms with E-state index in [0.717, 1.165) is 37.5 Å². The van der Waals surface area contributed by atoms with Gasteiger partial charge in [-0.2, -0.15) is 0 Å². The van der Waals surface area contributed by atoms with Gasteiger partial charge in [-0.3, -0.25) is 14.6 Å². The zero-order valence-electron chi connectivity index (χ0n) is 16.6. The molecule has 2 fully saturated rings. The highest BCUT2D eigenvalue weighted by Crippen LogP contribution is 2.16. The highest BCUT2D eigenvalue weighted by Gasteiger charge is 2.30. The van der Waals surface area contributed by atoms with Gasteiger partial charge >= 0.3 is 0 Å². The summed E-state index contributed by atoms with van der Waals surface area (Å²) in [4.78, 5) is 32.5. The third-order valence-corrected chi connectivity index (χ3v) is 5.20. The van der Waals surface area contributed by atoms with Gasteiger partial charge in [-0.1, -0.05) is 12.1 Å². The van der Waals surface area contributed by atoms with E-state index < -0.39 is 0 Å². The highest BCUT2D eigenvalue weighted by atomic mass is 16.5. The number of hydrogen-bond donors (Lipinski definition) is 2. The van der Waals surface area contributed by atoms with Crippen molar-refractivity contribution >= 4 is 17.8 Å². The molecular weight excluding hydrogens is 358 g/mol. The number of carbonyl (C=O) groups excluding carboxylic acids is 2. The van der Waals surface area contributed by atoms with Crippen molar-refractivity contribution in [3.05, 3.63) is 35.4 Å². The molecule has 8 heteroatoms. The zero-order valence-corrected chi connectivity index (χ0v) is 16.6. The molecule has 2 aliphatic heterocycles. The van der Waals surface area contributed by atoms with Crippen LogP contribution in [0.15, 0.2) is 29.3 Å². The van der Waals surface area contributed by atoms with E-state index in [-0.39, 0.29) is 17.9 Å². The lowest BCUT2D eigenvalue weighted by Crippen LogP contribution is -2.55. The largest absolute Gasteiger partial charge is 0.368 e. The molecule has 1 atom stereocenters. The molecule has 0 radical (unpaired) electrons. The van der Waals surface area contributed by atoms with E-state index in [0.29, 0.717) is 31.8 Å². The first-order valence-corrected chi connectivity index (χ1v) is 9.79. The topological polar surface area (TPSA) is 86.3 Å². The SMILES string of the molecule is CN=C(NCc1ccc(C(=O)NC)cc1)N1CCN(C(=O)C2CCCO2)CC1. The normalized spacial score (nSPS) is 20.2. The number of rotatable bonds is 4. The lowest BCUT2D eigenvalue weighted by molar-refractivity contribution is -0.142. The molecule has 152 valence electrons. The van der Waals surface area contributed by atoms with Crippen molar-refractivity contribution in [1.82, 2.24) is 20.4 Å². The molecule has 0 saturated carbocycles. The molecule has 28 heavy (non-hydrogen) atoms. The van der Waals surface area contributed by atoms with Gasteiger partial charge in [0.05, 0.1) is 0 Å². The Hall–Kier alpha value is -2.61. The molecule has 1 aromatic rings.